The van der Waals surface area contributed by atoms with Crippen LogP contribution in [0.5, 0.6) is 0 Å². The Bertz CT molecular complexity index is 871. The Labute approximate surface area is 193 Å². The monoisotopic (exact) mass is 543 g/mol. The van der Waals surface area contributed by atoms with Crippen LogP contribution in [0.3, 0.4) is 0 Å². The van der Waals surface area contributed by atoms with Crippen molar-refractivity contribution in [2.75, 3.05) is 0 Å². The highest BCUT2D eigenvalue weighted by Gasteiger charge is 2.44. The van der Waals surface area contributed by atoms with Gasteiger partial charge in [-0.3, -0.25) is 4.79 Å². The fourth-order valence-electron chi connectivity index (χ4n) is 4.81. The number of rotatable bonds is 10. The van der Waals surface area contributed by atoms with Crippen molar-refractivity contribution in [3.8, 4) is 0 Å². The molecule has 0 heterocycles. The molecule has 0 amide bonds. The Kier molecular flexibility index (Phi) is 8.53. The highest BCUT2D eigenvalue weighted by atomic mass is 127. The van der Waals surface area contributed by atoms with E-state index in [0.29, 0.717) is 24.2 Å². The second kappa shape index (κ2) is 10.9. The maximum atomic E-state index is 12.8. The number of fused-ring (bicyclic) bond motifs is 3. The van der Waals surface area contributed by atoms with Gasteiger partial charge in [0, 0.05) is 21.4 Å². The molecule has 3 fully saturated rings. The van der Waals surface area contributed by atoms with Crippen LogP contribution in [0.1, 0.15) is 56.9 Å². The summed E-state index contributed by atoms with van der Waals surface area (Å²) in [6, 6.07) is 7.72. The molecule has 1 aromatic rings. The summed E-state index contributed by atoms with van der Waals surface area (Å²) >= 11 is 2.22. The van der Waals surface area contributed by atoms with E-state index in [-0.39, 0.29) is 12.5 Å². The number of benzene rings is 1. The van der Waals surface area contributed by atoms with Gasteiger partial charge in [0.2, 0.25) is 10.0 Å². The molecule has 3 aliphatic carbocycles. The predicted molar refractivity (Wildman–Crippen MR) is 128 cm³/mol. The van der Waals surface area contributed by atoms with Gasteiger partial charge >= 0.3 is 5.97 Å². The van der Waals surface area contributed by atoms with E-state index in [1.165, 1.54) is 18.2 Å². The lowest BCUT2D eigenvalue weighted by Gasteiger charge is -2.48. The fourth-order valence-corrected chi connectivity index (χ4v) is 6.33. The number of carbonyl (C=O) groups is 1. The largest absolute Gasteiger partial charge is 0.481 e. The predicted octanol–water partition coefficient (Wildman–Crippen LogP) is 5.19. The molecule has 3 aliphatic rings. The van der Waals surface area contributed by atoms with E-state index in [1.54, 1.807) is 6.08 Å². The lowest BCUT2D eigenvalue weighted by molar-refractivity contribution is -0.137. The maximum Gasteiger partial charge on any atom is 0.303 e. The SMILES string of the molecule is O=C(O)CCC/C=C/CC1C2CCC(CC2)C1NS(=O)(=O)/C=C/c1ccc(I)cc1. The van der Waals surface area contributed by atoms with Crippen molar-refractivity contribution in [2.24, 2.45) is 17.8 Å². The van der Waals surface area contributed by atoms with Crippen molar-refractivity contribution in [2.45, 2.75) is 57.4 Å². The van der Waals surface area contributed by atoms with Gasteiger partial charge in [-0.25, -0.2) is 13.1 Å². The molecule has 1 aromatic carbocycles. The average Bonchev–Trinajstić information content (AvgIpc) is 2.71. The van der Waals surface area contributed by atoms with E-state index in [9.17, 15) is 13.2 Å². The Morgan fingerprint density at radius 3 is 2.43 bits per heavy atom. The molecule has 0 saturated heterocycles. The summed E-state index contributed by atoms with van der Waals surface area (Å²) in [4.78, 5) is 10.6. The molecular weight excluding hydrogens is 513 g/mol. The average molecular weight is 543 g/mol. The lowest BCUT2D eigenvalue weighted by Crippen LogP contribution is -2.52. The molecule has 5 nitrogen and oxygen atoms in total. The summed E-state index contributed by atoms with van der Waals surface area (Å²) in [6.45, 7) is 0. The number of hydrogen-bond donors (Lipinski definition) is 2. The van der Waals surface area contributed by atoms with Gasteiger partial charge in [0.25, 0.3) is 0 Å². The highest BCUT2D eigenvalue weighted by Crippen LogP contribution is 2.46. The molecule has 2 unspecified atom stereocenters. The Morgan fingerprint density at radius 1 is 1.10 bits per heavy atom. The van der Waals surface area contributed by atoms with Gasteiger partial charge in [-0.15, -0.1) is 0 Å². The molecule has 3 saturated carbocycles. The van der Waals surface area contributed by atoms with Crippen LogP contribution in [0.4, 0.5) is 0 Å². The van der Waals surface area contributed by atoms with Gasteiger partial charge in [0.15, 0.2) is 0 Å². The standard InChI is InChI=1S/C23H30INO4S/c24-20-13-7-17(8-14-20)15-16-30(28,29)25-23-19-11-9-18(10-12-19)21(23)5-3-1-2-4-6-22(26)27/h1,3,7-8,13-16,18-19,21,23,25H,2,4-6,9-12H2,(H,26,27)/b3-1+,16-15+. The molecular formula is C23H30INO4S. The molecule has 0 spiro atoms. The lowest BCUT2D eigenvalue weighted by atomic mass is 9.61. The molecule has 164 valence electrons. The summed E-state index contributed by atoms with van der Waals surface area (Å²) < 4.78 is 29.6. The number of halogens is 1. The third-order valence-electron chi connectivity index (χ3n) is 6.34. The molecule has 0 radical (unpaired) electrons. The first kappa shape index (κ1) is 23.5. The molecule has 2 N–H and O–H groups in total. The van der Waals surface area contributed by atoms with Crippen molar-refractivity contribution >= 4 is 44.7 Å². The highest BCUT2D eigenvalue weighted by molar-refractivity contribution is 14.1. The van der Waals surface area contributed by atoms with Crippen molar-refractivity contribution in [3.05, 3.63) is 51.0 Å². The molecule has 2 bridgehead atoms. The Morgan fingerprint density at radius 2 is 1.77 bits per heavy atom. The first-order valence-electron chi connectivity index (χ1n) is 10.7. The van der Waals surface area contributed by atoms with Crippen LogP contribution in [0.2, 0.25) is 0 Å². The number of nitrogens with one attached hydrogen (secondary N) is 1. The zero-order valence-electron chi connectivity index (χ0n) is 17.0. The van der Waals surface area contributed by atoms with Gasteiger partial charge in [-0.05, 0) is 109 Å². The Hall–Kier alpha value is -1.19. The zero-order chi connectivity index (χ0) is 21.6. The molecule has 30 heavy (non-hydrogen) atoms. The molecule has 0 aliphatic heterocycles. The summed E-state index contributed by atoms with van der Waals surface area (Å²) in [7, 11) is -3.52. The van der Waals surface area contributed by atoms with E-state index in [2.05, 4.69) is 33.4 Å². The van der Waals surface area contributed by atoms with Crippen LogP contribution in [0.25, 0.3) is 6.08 Å². The van der Waals surface area contributed by atoms with Crippen LogP contribution in [-0.4, -0.2) is 25.5 Å². The van der Waals surface area contributed by atoms with Gasteiger partial charge in [0.1, 0.15) is 0 Å². The smallest absolute Gasteiger partial charge is 0.303 e. The fraction of sp³-hybridized carbons (Fsp3) is 0.522. The zero-order valence-corrected chi connectivity index (χ0v) is 20.0. The number of sulfonamides is 1. The van der Waals surface area contributed by atoms with Gasteiger partial charge in [0.05, 0.1) is 0 Å². The molecule has 4 rings (SSSR count). The second-order valence-corrected chi connectivity index (χ2v) is 11.2. The summed E-state index contributed by atoms with van der Waals surface area (Å²) in [6.07, 6.45) is 12.8. The number of allylic oxidation sites excluding steroid dienone is 2. The van der Waals surface area contributed by atoms with E-state index in [4.69, 9.17) is 5.11 Å². The first-order chi connectivity index (χ1) is 14.3. The van der Waals surface area contributed by atoms with E-state index in [1.807, 2.05) is 30.3 Å². The molecule has 2 atom stereocenters. The van der Waals surface area contributed by atoms with Crippen LogP contribution < -0.4 is 4.72 Å². The summed E-state index contributed by atoms with van der Waals surface area (Å²) in [5.74, 6) is 0.517. The first-order valence-corrected chi connectivity index (χ1v) is 13.3. The topological polar surface area (TPSA) is 83.5 Å². The van der Waals surface area contributed by atoms with Crippen molar-refractivity contribution < 1.29 is 18.3 Å². The van der Waals surface area contributed by atoms with E-state index < -0.39 is 16.0 Å². The minimum absolute atomic E-state index is 0.0208. The van der Waals surface area contributed by atoms with Crippen LogP contribution in [0, 0.1) is 21.3 Å². The van der Waals surface area contributed by atoms with Crippen LogP contribution in [-0.2, 0) is 14.8 Å². The van der Waals surface area contributed by atoms with Crippen molar-refractivity contribution in [1.82, 2.24) is 4.72 Å². The quantitative estimate of drug-likeness (QED) is 0.242. The number of carboxylic acids is 1. The number of unbranched alkanes of at least 4 members (excludes halogenated alkanes) is 1. The number of aliphatic carboxylic acids is 1. The second-order valence-electron chi connectivity index (χ2n) is 8.37. The van der Waals surface area contributed by atoms with Crippen LogP contribution in [0.15, 0.2) is 41.8 Å². The van der Waals surface area contributed by atoms with Crippen molar-refractivity contribution in [1.29, 1.82) is 0 Å². The summed E-state index contributed by atoms with van der Waals surface area (Å²) in [5.41, 5.74) is 0.867. The molecule has 0 aromatic heterocycles. The number of carboxylic acid groups (broad SMARTS) is 1. The Balaban J connectivity index is 1.61. The minimum Gasteiger partial charge on any atom is -0.481 e. The third-order valence-corrected chi connectivity index (χ3v) is 8.15. The van der Waals surface area contributed by atoms with Gasteiger partial charge in [-0.1, -0.05) is 24.3 Å². The van der Waals surface area contributed by atoms with Crippen molar-refractivity contribution in [3.63, 3.8) is 0 Å². The van der Waals surface area contributed by atoms with Crippen LogP contribution >= 0.6 is 22.6 Å². The van der Waals surface area contributed by atoms with E-state index >= 15 is 0 Å². The number of hydrogen-bond acceptors (Lipinski definition) is 3. The third kappa shape index (κ3) is 6.92. The van der Waals surface area contributed by atoms with E-state index in [0.717, 1.165) is 34.8 Å². The maximum absolute atomic E-state index is 12.8. The summed E-state index contributed by atoms with van der Waals surface area (Å²) in [5, 5.41) is 10.0. The normalized spacial score (nSPS) is 26.6. The van der Waals surface area contributed by atoms with Gasteiger partial charge in [-0.2, -0.15) is 0 Å². The molecule has 7 heteroatoms. The minimum atomic E-state index is -3.52. The van der Waals surface area contributed by atoms with Gasteiger partial charge < -0.3 is 5.11 Å².